The highest BCUT2D eigenvalue weighted by atomic mass is 32.7. The van der Waals surface area contributed by atoms with Crippen molar-refractivity contribution in [3.05, 3.63) is 12.7 Å². The van der Waals surface area contributed by atoms with Gasteiger partial charge in [-0.15, -0.1) is 11.4 Å². The summed E-state index contributed by atoms with van der Waals surface area (Å²) in [5.74, 6) is -0.0201. The van der Waals surface area contributed by atoms with Crippen LogP contribution < -0.4 is 0 Å². The molecule has 1 aliphatic carbocycles. The monoisotopic (exact) mass is 306 g/mol. The molecule has 0 aromatic carbocycles. The first-order valence-electron chi connectivity index (χ1n) is 6.15. The third-order valence-electron chi connectivity index (χ3n) is 2.89. The van der Waals surface area contributed by atoms with Gasteiger partial charge in [0.1, 0.15) is 12.7 Å². The molecule has 1 unspecified atom stereocenters. The van der Waals surface area contributed by atoms with Crippen LogP contribution in [-0.2, 0) is 24.1 Å². The summed E-state index contributed by atoms with van der Waals surface area (Å²) in [5, 5.41) is 0. The van der Waals surface area contributed by atoms with Gasteiger partial charge >= 0.3 is 11.9 Å². The van der Waals surface area contributed by atoms with Crippen molar-refractivity contribution < 1.29 is 24.1 Å². The number of carbonyl (C=O) groups excluding carboxylic acids is 2. The van der Waals surface area contributed by atoms with Crippen LogP contribution in [0.4, 0.5) is 0 Å². The Labute approximate surface area is 119 Å². The van der Waals surface area contributed by atoms with Crippen molar-refractivity contribution in [2.45, 2.75) is 31.8 Å². The van der Waals surface area contributed by atoms with E-state index < -0.39 is 5.97 Å². The average molecular weight is 306 g/mol. The summed E-state index contributed by atoms with van der Waals surface area (Å²) in [5.41, 5.74) is 0. The molecule has 1 saturated carbocycles. The standard InChI is InChI=1S/C12H19O5PS/c1-2-11(13)17-16-10-5-3-9(4-6-10)12(14)15-7-8-19-18/h2,9-10H,1,3-8,18H2. The summed E-state index contributed by atoms with van der Waals surface area (Å²) < 4.78 is 5.16. The normalized spacial score (nSPS) is 22.6. The van der Waals surface area contributed by atoms with E-state index in [0.717, 1.165) is 11.8 Å². The van der Waals surface area contributed by atoms with Crippen LogP contribution in [0.2, 0.25) is 0 Å². The summed E-state index contributed by atoms with van der Waals surface area (Å²) in [6, 6.07) is 0. The Balaban J connectivity index is 2.19. The highest BCUT2D eigenvalue weighted by Gasteiger charge is 2.28. The molecule has 0 N–H and O–H groups in total. The van der Waals surface area contributed by atoms with Crippen molar-refractivity contribution in [2.24, 2.45) is 5.92 Å². The summed E-state index contributed by atoms with van der Waals surface area (Å²) in [6.07, 6.45) is 3.67. The summed E-state index contributed by atoms with van der Waals surface area (Å²) in [6.45, 7) is 3.72. The highest BCUT2D eigenvalue weighted by molar-refractivity contribution is 8.43. The molecule has 0 spiro atoms. The zero-order chi connectivity index (χ0) is 14.1. The van der Waals surface area contributed by atoms with Gasteiger partial charge in [0.05, 0.1) is 5.92 Å². The van der Waals surface area contributed by atoms with Crippen LogP contribution in [0.3, 0.4) is 0 Å². The summed E-state index contributed by atoms with van der Waals surface area (Å²) in [7, 11) is 2.52. The first-order valence-corrected chi connectivity index (χ1v) is 8.61. The second-order valence-electron chi connectivity index (χ2n) is 4.21. The second kappa shape index (κ2) is 9.34. The fraction of sp³-hybridized carbons (Fsp3) is 0.667. The topological polar surface area (TPSA) is 61.8 Å². The Morgan fingerprint density at radius 2 is 2.00 bits per heavy atom. The van der Waals surface area contributed by atoms with Gasteiger partial charge in [-0.25, -0.2) is 4.79 Å². The molecule has 1 fully saturated rings. The van der Waals surface area contributed by atoms with E-state index in [1.165, 1.54) is 0 Å². The van der Waals surface area contributed by atoms with Crippen LogP contribution >= 0.6 is 19.8 Å². The summed E-state index contributed by atoms with van der Waals surface area (Å²) in [4.78, 5) is 32.1. The zero-order valence-corrected chi connectivity index (χ0v) is 12.7. The smallest absolute Gasteiger partial charge is 0.365 e. The average Bonchev–Trinajstić information content (AvgIpc) is 2.45. The molecule has 1 aliphatic rings. The fourth-order valence-corrected chi connectivity index (χ4v) is 2.32. The molecule has 0 amide bonds. The van der Waals surface area contributed by atoms with E-state index in [1.54, 1.807) is 11.4 Å². The van der Waals surface area contributed by atoms with E-state index in [2.05, 4.69) is 19.9 Å². The van der Waals surface area contributed by atoms with Crippen molar-refractivity contribution in [2.75, 3.05) is 12.4 Å². The van der Waals surface area contributed by atoms with Gasteiger partial charge in [0.2, 0.25) is 0 Å². The molecule has 0 bridgehead atoms. The van der Waals surface area contributed by atoms with Crippen molar-refractivity contribution in [3.63, 3.8) is 0 Å². The molecule has 1 atom stereocenters. The predicted molar refractivity (Wildman–Crippen MR) is 76.2 cm³/mol. The SMILES string of the molecule is C=CC(=O)OOC1CCC(C(=O)OCCSP)CC1. The molecule has 19 heavy (non-hydrogen) atoms. The van der Waals surface area contributed by atoms with Crippen LogP contribution in [-0.4, -0.2) is 30.4 Å². The first kappa shape index (κ1) is 16.5. The minimum Gasteiger partial charge on any atom is -0.465 e. The largest absolute Gasteiger partial charge is 0.465 e. The van der Waals surface area contributed by atoms with Gasteiger partial charge in [0, 0.05) is 11.8 Å². The predicted octanol–water partition coefficient (Wildman–Crippen LogP) is 2.27. The van der Waals surface area contributed by atoms with E-state index >= 15 is 0 Å². The Morgan fingerprint density at radius 1 is 1.32 bits per heavy atom. The molecular weight excluding hydrogens is 287 g/mol. The van der Waals surface area contributed by atoms with Gasteiger partial charge < -0.3 is 4.74 Å². The Kier molecular flexibility index (Phi) is 8.10. The van der Waals surface area contributed by atoms with Gasteiger partial charge in [0.25, 0.3) is 0 Å². The molecule has 0 saturated heterocycles. The summed E-state index contributed by atoms with van der Waals surface area (Å²) >= 11 is 1.56. The van der Waals surface area contributed by atoms with Crippen molar-refractivity contribution in [1.82, 2.24) is 0 Å². The van der Waals surface area contributed by atoms with Crippen LogP contribution in [0.1, 0.15) is 25.7 Å². The van der Waals surface area contributed by atoms with Crippen LogP contribution in [0.5, 0.6) is 0 Å². The maximum Gasteiger partial charge on any atom is 0.365 e. The maximum atomic E-state index is 11.7. The number of rotatable bonds is 7. The molecule has 0 aromatic rings. The van der Waals surface area contributed by atoms with Gasteiger partial charge in [0.15, 0.2) is 0 Å². The third-order valence-corrected chi connectivity index (χ3v) is 4.00. The first-order chi connectivity index (χ1) is 9.17. The van der Waals surface area contributed by atoms with Gasteiger partial charge in [-0.05, 0) is 25.7 Å². The Hall–Kier alpha value is -0.580. The number of ether oxygens (including phenoxy) is 1. The minimum absolute atomic E-state index is 0.0653. The highest BCUT2D eigenvalue weighted by Crippen LogP contribution is 2.27. The van der Waals surface area contributed by atoms with Crippen molar-refractivity contribution >= 4 is 31.8 Å². The third kappa shape index (κ3) is 6.41. The van der Waals surface area contributed by atoms with E-state index in [1.807, 2.05) is 0 Å². The second-order valence-corrected chi connectivity index (χ2v) is 5.96. The molecule has 0 aromatic heterocycles. The number of hydrogen-bond donors (Lipinski definition) is 0. The molecule has 0 heterocycles. The maximum absolute atomic E-state index is 11.7. The molecule has 108 valence electrons. The number of carbonyl (C=O) groups is 2. The Bertz CT molecular complexity index is 315. The van der Waals surface area contributed by atoms with E-state index in [-0.39, 0.29) is 18.0 Å². The molecule has 0 radical (unpaired) electrons. The molecular formula is C12H19O5PS. The molecule has 7 heteroatoms. The van der Waals surface area contributed by atoms with Gasteiger partial charge in [-0.3, -0.25) is 9.68 Å². The number of esters is 1. The van der Waals surface area contributed by atoms with Gasteiger partial charge in [-0.1, -0.05) is 15.0 Å². The minimum atomic E-state index is -0.600. The van der Waals surface area contributed by atoms with E-state index in [9.17, 15) is 9.59 Å². The van der Waals surface area contributed by atoms with Gasteiger partial charge in [-0.2, -0.15) is 4.89 Å². The molecule has 5 nitrogen and oxygen atoms in total. The van der Waals surface area contributed by atoms with E-state index in [4.69, 9.17) is 9.62 Å². The lowest BCUT2D eigenvalue weighted by molar-refractivity contribution is -0.298. The number of hydrogen-bond acceptors (Lipinski definition) is 6. The molecule has 1 rings (SSSR count). The van der Waals surface area contributed by atoms with Crippen LogP contribution in [0.25, 0.3) is 0 Å². The zero-order valence-electron chi connectivity index (χ0n) is 10.7. The molecule has 0 aliphatic heterocycles. The quantitative estimate of drug-likeness (QED) is 0.180. The van der Waals surface area contributed by atoms with Crippen LogP contribution in [0, 0.1) is 5.92 Å². The lowest BCUT2D eigenvalue weighted by Crippen LogP contribution is -2.28. The lowest BCUT2D eigenvalue weighted by Gasteiger charge is -2.25. The fourth-order valence-electron chi connectivity index (χ4n) is 1.85. The van der Waals surface area contributed by atoms with Crippen molar-refractivity contribution in [3.8, 4) is 0 Å². The lowest BCUT2D eigenvalue weighted by atomic mass is 9.87. The Morgan fingerprint density at radius 3 is 2.58 bits per heavy atom. The van der Waals surface area contributed by atoms with Crippen molar-refractivity contribution in [1.29, 1.82) is 0 Å². The van der Waals surface area contributed by atoms with E-state index in [0.29, 0.717) is 32.3 Å². The van der Waals surface area contributed by atoms with Crippen LogP contribution in [0.15, 0.2) is 12.7 Å².